The van der Waals surface area contributed by atoms with Crippen molar-refractivity contribution in [3.05, 3.63) is 82.2 Å². The van der Waals surface area contributed by atoms with Gasteiger partial charge in [0, 0.05) is 25.8 Å². The van der Waals surface area contributed by atoms with E-state index in [1.807, 2.05) is 48.6 Å². The number of carbonyl (C=O) groups is 1. The van der Waals surface area contributed by atoms with Crippen molar-refractivity contribution in [2.75, 3.05) is 0 Å². The van der Waals surface area contributed by atoms with Crippen LogP contribution in [0, 0.1) is 0 Å². The molecule has 0 unspecified atom stereocenters. The molecular formula is C23H21N3O3. The van der Waals surface area contributed by atoms with Gasteiger partial charge in [-0.15, -0.1) is 0 Å². The van der Waals surface area contributed by atoms with Crippen LogP contribution in [0.3, 0.4) is 0 Å². The zero-order chi connectivity index (χ0) is 20.5. The minimum absolute atomic E-state index is 0.0985. The van der Waals surface area contributed by atoms with Crippen LogP contribution in [0.1, 0.15) is 24.5 Å². The van der Waals surface area contributed by atoms with Crippen LogP contribution in [0.15, 0.2) is 70.6 Å². The van der Waals surface area contributed by atoms with Crippen molar-refractivity contribution in [1.29, 1.82) is 0 Å². The summed E-state index contributed by atoms with van der Waals surface area (Å²) >= 11 is 0. The smallest absolute Gasteiger partial charge is 0.263 e. The Hall–Kier alpha value is -3.67. The summed E-state index contributed by atoms with van der Waals surface area (Å²) in [5, 5.41) is 17.2. The normalized spacial score (nSPS) is 16.6. The molecule has 0 bridgehead atoms. The van der Waals surface area contributed by atoms with Gasteiger partial charge in [0.2, 0.25) is 5.91 Å². The first-order chi connectivity index (χ1) is 14.0. The predicted octanol–water partition coefficient (Wildman–Crippen LogP) is 3.28. The number of para-hydroxylation sites is 1. The maximum atomic E-state index is 13.0. The fourth-order valence-electron chi connectivity index (χ4n) is 3.66. The molecule has 6 heteroatoms. The molecule has 0 spiro atoms. The van der Waals surface area contributed by atoms with Gasteiger partial charge in [-0.1, -0.05) is 54.6 Å². The largest absolute Gasteiger partial charge is 0.506 e. The van der Waals surface area contributed by atoms with Crippen LogP contribution < -0.4 is 5.56 Å². The number of fused-ring (bicyclic) bond motifs is 1. The van der Waals surface area contributed by atoms with Gasteiger partial charge in [0.05, 0.1) is 17.3 Å². The highest BCUT2D eigenvalue weighted by atomic mass is 16.3. The van der Waals surface area contributed by atoms with Gasteiger partial charge in [-0.05, 0) is 17.7 Å². The van der Waals surface area contributed by atoms with Gasteiger partial charge in [-0.3, -0.25) is 9.59 Å². The van der Waals surface area contributed by atoms with Gasteiger partial charge < -0.3 is 9.67 Å². The molecular weight excluding hydrogens is 366 g/mol. The second-order valence-electron chi connectivity index (χ2n) is 7.06. The van der Waals surface area contributed by atoms with Crippen LogP contribution in [0.2, 0.25) is 0 Å². The summed E-state index contributed by atoms with van der Waals surface area (Å²) < 4.78 is 1.50. The Morgan fingerprint density at radius 2 is 1.83 bits per heavy atom. The Morgan fingerprint density at radius 1 is 1.14 bits per heavy atom. The van der Waals surface area contributed by atoms with Gasteiger partial charge >= 0.3 is 0 Å². The highest BCUT2D eigenvalue weighted by molar-refractivity contribution is 6.08. The van der Waals surface area contributed by atoms with Crippen LogP contribution in [-0.4, -0.2) is 32.3 Å². The van der Waals surface area contributed by atoms with E-state index in [1.165, 1.54) is 16.5 Å². The number of hydrazone groups is 1. The number of amides is 1. The maximum Gasteiger partial charge on any atom is 0.263 e. The van der Waals surface area contributed by atoms with Gasteiger partial charge in [-0.25, -0.2) is 5.01 Å². The van der Waals surface area contributed by atoms with Crippen molar-refractivity contribution in [2.24, 2.45) is 12.1 Å². The van der Waals surface area contributed by atoms with Crippen LogP contribution in [-0.2, 0) is 11.8 Å². The summed E-state index contributed by atoms with van der Waals surface area (Å²) in [7, 11) is 1.67. The SMILES string of the molecule is CC(=O)N1N=C(c2c(O)c3ccccc3n(C)c2=O)C[C@H]1/C=C/c1ccccc1. The van der Waals surface area contributed by atoms with Crippen molar-refractivity contribution in [3.63, 3.8) is 0 Å². The summed E-state index contributed by atoms with van der Waals surface area (Å²) in [5.41, 5.74) is 1.87. The van der Waals surface area contributed by atoms with E-state index in [4.69, 9.17) is 0 Å². The Balaban J connectivity index is 1.76. The van der Waals surface area contributed by atoms with E-state index >= 15 is 0 Å². The number of hydrogen-bond acceptors (Lipinski definition) is 4. The third-order valence-corrected chi connectivity index (χ3v) is 5.14. The minimum Gasteiger partial charge on any atom is -0.506 e. The van der Waals surface area contributed by atoms with Crippen molar-refractivity contribution in [3.8, 4) is 5.75 Å². The van der Waals surface area contributed by atoms with E-state index < -0.39 is 0 Å². The molecule has 1 aliphatic rings. The highest BCUT2D eigenvalue weighted by Gasteiger charge is 2.31. The van der Waals surface area contributed by atoms with E-state index in [9.17, 15) is 14.7 Å². The van der Waals surface area contributed by atoms with Crippen LogP contribution >= 0.6 is 0 Å². The molecule has 6 nitrogen and oxygen atoms in total. The van der Waals surface area contributed by atoms with Crippen molar-refractivity contribution >= 4 is 28.6 Å². The Morgan fingerprint density at radius 3 is 2.55 bits per heavy atom. The molecule has 146 valence electrons. The van der Waals surface area contributed by atoms with E-state index in [0.717, 1.165) is 5.56 Å². The zero-order valence-electron chi connectivity index (χ0n) is 16.2. The number of pyridine rings is 1. The maximum absolute atomic E-state index is 13.0. The average molecular weight is 387 g/mol. The Bertz CT molecular complexity index is 1210. The first-order valence-corrected chi connectivity index (χ1v) is 9.39. The zero-order valence-corrected chi connectivity index (χ0v) is 16.2. The summed E-state index contributed by atoms with van der Waals surface area (Å²) in [6, 6.07) is 16.6. The van der Waals surface area contributed by atoms with E-state index in [2.05, 4.69) is 5.10 Å². The first-order valence-electron chi connectivity index (χ1n) is 9.39. The third kappa shape index (κ3) is 3.33. The number of aryl methyl sites for hydroxylation is 1. The van der Waals surface area contributed by atoms with Crippen molar-refractivity contribution in [2.45, 2.75) is 19.4 Å². The summed E-state index contributed by atoms with van der Waals surface area (Å²) in [5.74, 6) is -0.321. The summed E-state index contributed by atoms with van der Waals surface area (Å²) in [6.45, 7) is 1.44. The molecule has 1 atom stereocenters. The lowest BCUT2D eigenvalue weighted by molar-refractivity contribution is -0.129. The topological polar surface area (TPSA) is 74.9 Å². The molecule has 29 heavy (non-hydrogen) atoms. The van der Waals surface area contributed by atoms with Crippen molar-refractivity contribution < 1.29 is 9.90 Å². The lowest BCUT2D eigenvalue weighted by atomic mass is 10.0. The van der Waals surface area contributed by atoms with Crippen molar-refractivity contribution in [1.82, 2.24) is 9.58 Å². The Labute approximate surface area is 168 Å². The van der Waals surface area contributed by atoms with Gasteiger partial charge in [-0.2, -0.15) is 5.10 Å². The van der Waals surface area contributed by atoms with Crippen LogP contribution in [0.25, 0.3) is 17.0 Å². The Kier molecular flexibility index (Phi) is 4.76. The van der Waals surface area contributed by atoms with Gasteiger partial charge in [0.15, 0.2) is 0 Å². The quantitative estimate of drug-likeness (QED) is 0.749. The molecule has 2 heterocycles. The standard InChI is InChI=1S/C23H21N3O3/c1-15(27)26-17(13-12-16-8-4-3-5-9-16)14-19(24-26)21-22(28)18-10-6-7-11-20(18)25(2)23(21)29/h3-13,17,28H,14H2,1-2H3/b13-12+/t17-/m1/s1. The van der Waals surface area contributed by atoms with Crippen LogP contribution in [0.5, 0.6) is 5.75 Å². The second-order valence-corrected chi connectivity index (χ2v) is 7.06. The molecule has 0 radical (unpaired) electrons. The molecule has 0 saturated heterocycles. The molecule has 0 aliphatic carbocycles. The highest BCUT2D eigenvalue weighted by Crippen LogP contribution is 2.30. The number of aromatic hydroxyl groups is 1. The summed E-state index contributed by atoms with van der Waals surface area (Å²) in [6.07, 6.45) is 4.18. The molecule has 4 rings (SSSR count). The van der Waals surface area contributed by atoms with Crippen LogP contribution in [0.4, 0.5) is 0 Å². The number of benzene rings is 2. The minimum atomic E-state index is -0.337. The monoisotopic (exact) mass is 387 g/mol. The molecule has 0 saturated carbocycles. The number of rotatable bonds is 3. The summed E-state index contributed by atoms with van der Waals surface area (Å²) in [4.78, 5) is 25.1. The molecule has 1 N–H and O–H groups in total. The molecule has 3 aromatic rings. The lowest BCUT2D eigenvalue weighted by Crippen LogP contribution is -2.29. The van der Waals surface area contributed by atoms with Gasteiger partial charge in [0.1, 0.15) is 11.3 Å². The molecule has 1 aromatic heterocycles. The molecule has 2 aromatic carbocycles. The number of aromatic nitrogens is 1. The number of carbonyl (C=O) groups excluding carboxylic acids is 1. The molecule has 0 fully saturated rings. The fraction of sp³-hybridized carbons (Fsp3) is 0.174. The third-order valence-electron chi connectivity index (χ3n) is 5.14. The first kappa shape index (κ1) is 18.7. The fourth-order valence-corrected chi connectivity index (χ4v) is 3.66. The van der Waals surface area contributed by atoms with Gasteiger partial charge in [0.25, 0.3) is 5.56 Å². The number of nitrogens with zero attached hydrogens (tertiary/aromatic N) is 3. The van der Waals surface area contributed by atoms with E-state index in [0.29, 0.717) is 23.0 Å². The van der Waals surface area contributed by atoms with E-state index in [-0.39, 0.29) is 28.8 Å². The number of hydrogen-bond donors (Lipinski definition) is 1. The lowest BCUT2D eigenvalue weighted by Gasteiger charge is -2.16. The molecule has 1 aliphatic heterocycles. The second kappa shape index (κ2) is 7.39. The average Bonchev–Trinajstić information content (AvgIpc) is 3.16. The van der Waals surface area contributed by atoms with E-state index in [1.54, 1.807) is 25.2 Å². The predicted molar refractivity (Wildman–Crippen MR) is 114 cm³/mol. The molecule has 1 amide bonds.